The van der Waals surface area contributed by atoms with Gasteiger partial charge in [-0.15, -0.1) is 0 Å². The van der Waals surface area contributed by atoms with Gasteiger partial charge >= 0.3 is 0 Å². The van der Waals surface area contributed by atoms with Crippen molar-refractivity contribution in [3.05, 3.63) is 72.9 Å². The summed E-state index contributed by atoms with van der Waals surface area (Å²) in [6.07, 6.45) is 2.11. The number of benzene rings is 3. The molecule has 0 bridgehead atoms. The second kappa shape index (κ2) is 4.24. The minimum Gasteiger partial charge on any atom is -0.351 e. The van der Waals surface area contributed by atoms with E-state index >= 15 is 0 Å². The summed E-state index contributed by atoms with van der Waals surface area (Å²) < 4.78 is 2.15. The molecule has 0 radical (unpaired) electrons. The highest BCUT2D eigenvalue weighted by atomic mass is 14.9. The molecule has 0 aliphatic carbocycles. The SMILES string of the molecule is Cn1ccc2cc(-c3ccc4ccccc4c3)ccc21. The van der Waals surface area contributed by atoms with Crippen molar-refractivity contribution in [3.63, 3.8) is 0 Å². The molecule has 0 spiro atoms. The summed E-state index contributed by atoms with van der Waals surface area (Å²) in [5.74, 6) is 0. The summed E-state index contributed by atoms with van der Waals surface area (Å²) >= 11 is 0. The maximum absolute atomic E-state index is 2.26. The monoisotopic (exact) mass is 257 g/mol. The van der Waals surface area contributed by atoms with Gasteiger partial charge in [-0.1, -0.05) is 42.5 Å². The van der Waals surface area contributed by atoms with E-state index in [0.717, 1.165) is 0 Å². The van der Waals surface area contributed by atoms with Gasteiger partial charge in [0, 0.05) is 24.1 Å². The van der Waals surface area contributed by atoms with Crippen LogP contribution in [0.3, 0.4) is 0 Å². The molecule has 0 aliphatic rings. The Bertz CT molecular complexity index is 915. The molecule has 0 unspecified atom stereocenters. The molecular formula is C19H15N. The number of hydrogen-bond acceptors (Lipinski definition) is 0. The molecule has 20 heavy (non-hydrogen) atoms. The average Bonchev–Trinajstić information content (AvgIpc) is 2.88. The maximum atomic E-state index is 2.26. The van der Waals surface area contributed by atoms with Crippen molar-refractivity contribution in [1.29, 1.82) is 0 Å². The Morgan fingerprint density at radius 3 is 2.20 bits per heavy atom. The van der Waals surface area contributed by atoms with Crippen LogP contribution in [0.1, 0.15) is 0 Å². The maximum Gasteiger partial charge on any atom is 0.0478 e. The van der Waals surface area contributed by atoms with Crippen molar-refractivity contribution < 1.29 is 0 Å². The molecule has 1 nitrogen and oxygen atoms in total. The third-order valence-corrected chi connectivity index (χ3v) is 3.97. The Kier molecular flexibility index (Phi) is 2.40. The largest absolute Gasteiger partial charge is 0.351 e. The molecule has 0 saturated heterocycles. The zero-order chi connectivity index (χ0) is 13.5. The minimum atomic E-state index is 1.27. The number of aromatic nitrogens is 1. The fraction of sp³-hybridized carbons (Fsp3) is 0.0526. The summed E-state index contributed by atoms with van der Waals surface area (Å²) in [7, 11) is 2.08. The van der Waals surface area contributed by atoms with Crippen LogP contribution in [-0.2, 0) is 7.05 Å². The van der Waals surface area contributed by atoms with E-state index in [0.29, 0.717) is 0 Å². The van der Waals surface area contributed by atoms with Crippen molar-refractivity contribution in [1.82, 2.24) is 4.57 Å². The van der Waals surface area contributed by atoms with Crippen LogP contribution >= 0.6 is 0 Å². The van der Waals surface area contributed by atoms with Gasteiger partial charge in [-0.05, 0) is 46.2 Å². The van der Waals surface area contributed by atoms with Gasteiger partial charge in [0.1, 0.15) is 0 Å². The van der Waals surface area contributed by atoms with Crippen LogP contribution in [0.15, 0.2) is 72.9 Å². The van der Waals surface area contributed by atoms with Crippen molar-refractivity contribution in [2.45, 2.75) is 0 Å². The molecular weight excluding hydrogens is 242 g/mol. The van der Waals surface area contributed by atoms with Crippen LogP contribution in [0.25, 0.3) is 32.8 Å². The Morgan fingerprint density at radius 2 is 1.35 bits per heavy atom. The van der Waals surface area contributed by atoms with E-state index in [1.165, 1.54) is 32.8 Å². The van der Waals surface area contributed by atoms with Gasteiger partial charge in [0.2, 0.25) is 0 Å². The lowest BCUT2D eigenvalue weighted by molar-refractivity contribution is 0.969. The predicted octanol–water partition coefficient (Wildman–Crippen LogP) is 5.00. The van der Waals surface area contributed by atoms with Crippen LogP contribution in [0, 0.1) is 0 Å². The zero-order valence-electron chi connectivity index (χ0n) is 11.4. The molecule has 0 atom stereocenters. The molecule has 0 amide bonds. The van der Waals surface area contributed by atoms with E-state index in [1.54, 1.807) is 0 Å². The van der Waals surface area contributed by atoms with Crippen LogP contribution in [0.2, 0.25) is 0 Å². The number of hydrogen-bond donors (Lipinski definition) is 0. The molecule has 0 aliphatic heterocycles. The number of nitrogens with zero attached hydrogens (tertiary/aromatic N) is 1. The van der Waals surface area contributed by atoms with Crippen molar-refractivity contribution in [2.24, 2.45) is 7.05 Å². The molecule has 0 saturated carbocycles. The molecule has 1 aromatic heterocycles. The van der Waals surface area contributed by atoms with Crippen molar-refractivity contribution >= 4 is 21.7 Å². The van der Waals surface area contributed by atoms with Gasteiger partial charge in [-0.3, -0.25) is 0 Å². The van der Waals surface area contributed by atoms with Gasteiger partial charge in [0.25, 0.3) is 0 Å². The van der Waals surface area contributed by atoms with Gasteiger partial charge in [0.15, 0.2) is 0 Å². The smallest absolute Gasteiger partial charge is 0.0478 e. The third-order valence-electron chi connectivity index (χ3n) is 3.97. The summed E-state index contributed by atoms with van der Waals surface area (Å²) in [6.45, 7) is 0. The first-order valence-electron chi connectivity index (χ1n) is 6.85. The van der Waals surface area contributed by atoms with Crippen molar-refractivity contribution in [2.75, 3.05) is 0 Å². The van der Waals surface area contributed by atoms with E-state index in [1.807, 2.05) is 0 Å². The van der Waals surface area contributed by atoms with E-state index in [4.69, 9.17) is 0 Å². The molecule has 96 valence electrons. The van der Waals surface area contributed by atoms with Crippen LogP contribution in [0.4, 0.5) is 0 Å². The first kappa shape index (κ1) is 11.3. The fourth-order valence-electron chi connectivity index (χ4n) is 2.83. The normalized spacial score (nSPS) is 11.2. The van der Waals surface area contributed by atoms with E-state index < -0.39 is 0 Å². The number of aryl methyl sites for hydroxylation is 1. The van der Waals surface area contributed by atoms with Gasteiger partial charge < -0.3 is 4.57 Å². The fourth-order valence-corrected chi connectivity index (χ4v) is 2.83. The summed E-state index contributed by atoms with van der Waals surface area (Å²) in [6, 6.07) is 24.0. The van der Waals surface area contributed by atoms with Gasteiger partial charge in [0.05, 0.1) is 0 Å². The van der Waals surface area contributed by atoms with Gasteiger partial charge in [-0.25, -0.2) is 0 Å². The van der Waals surface area contributed by atoms with Crippen molar-refractivity contribution in [3.8, 4) is 11.1 Å². The van der Waals surface area contributed by atoms with E-state index in [9.17, 15) is 0 Å². The van der Waals surface area contributed by atoms with Gasteiger partial charge in [-0.2, -0.15) is 0 Å². The lowest BCUT2D eigenvalue weighted by Gasteiger charge is -2.05. The highest BCUT2D eigenvalue weighted by Crippen LogP contribution is 2.27. The van der Waals surface area contributed by atoms with E-state index in [2.05, 4.69) is 84.5 Å². The first-order chi connectivity index (χ1) is 9.81. The highest BCUT2D eigenvalue weighted by Gasteiger charge is 2.03. The second-order valence-corrected chi connectivity index (χ2v) is 5.26. The predicted molar refractivity (Wildman–Crippen MR) is 85.9 cm³/mol. The highest BCUT2D eigenvalue weighted by molar-refractivity contribution is 5.90. The first-order valence-corrected chi connectivity index (χ1v) is 6.85. The molecule has 1 heteroatoms. The summed E-state index contributed by atoms with van der Waals surface area (Å²) in [5, 5.41) is 3.87. The molecule has 1 heterocycles. The standard InChI is InChI=1S/C19H15N/c1-20-11-10-18-13-17(8-9-19(18)20)16-7-6-14-4-2-3-5-15(14)12-16/h2-13H,1H3. The molecule has 4 aromatic rings. The molecule has 0 N–H and O–H groups in total. The Labute approximate surface area is 118 Å². The number of fused-ring (bicyclic) bond motifs is 2. The summed E-state index contributed by atoms with van der Waals surface area (Å²) in [4.78, 5) is 0. The van der Waals surface area contributed by atoms with Crippen LogP contribution in [0.5, 0.6) is 0 Å². The Hall–Kier alpha value is -2.54. The quantitative estimate of drug-likeness (QED) is 0.452. The van der Waals surface area contributed by atoms with E-state index in [-0.39, 0.29) is 0 Å². The Morgan fingerprint density at radius 1 is 0.650 bits per heavy atom. The summed E-state index contributed by atoms with van der Waals surface area (Å²) in [5.41, 5.74) is 3.82. The Balaban J connectivity index is 1.91. The topological polar surface area (TPSA) is 4.93 Å². The minimum absolute atomic E-state index is 1.27. The number of rotatable bonds is 1. The second-order valence-electron chi connectivity index (χ2n) is 5.26. The molecule has 4 rings (SSSR count). The molecule has 3 aromatic carbocycles. The van der Waals surface area contributed by atoms with Crippen LogP contribution in [-0.4, -0.2) is 4.57 Å². The molecule has 0 fully saturated rings. The lowest BCUT2D eigenvalue weighted by Crippen LogP contribution is -1.84. The zero-order valence-corrected chi connectivity index (χ0v) is 11.4. The lowest BCUT2D eigenvalue weighted by atomic mass is 10.0. The van der Waals surface area contributed by atoms with Crippen LogP contribution < -0.4 is 0 Å². The third kappa shape index (κ3) is 1.71. The average molecular weight is 257 g/mol.